The van der Waals surface area contributed by atoms with Gasteiger partial charge in [-0.3, -0.25) is 4.79 Å². The molecule has 0 unspecified atom stereocenters. The summed E-state index contributed by atoms with van der Waals surface area (Å²) in [6.45, 7) is 1.85. The first-order valence-electron chi connectivity index (χ1n) is 9.71. The van der Waals surface area contributed by atoms with E-state index in [2.05, 4.69) is 0 Å². The van der Waals surface area contributed by atoms with E-state index in [4.69, 9.17) is 70.1 Å². The lowest BCUT2D eigenvalue weighted by Gasteiger charge is -2.24. The van der Waals surface area contributed by atoms with Crippen molar-refractivity contribution in [3.63, 3.8) is 0 Å². The van der Waals surface area contributed by atoms with Crippen LogP contribution in [0.2, 0.25) is 20.1 Å². The summed E-state index contributed by atoms with van der Waals surface area (Å²) in [5, 5.41) is 2.03. The third-order valence-corrected chi connectivity index (χ3v) is 5.98. The first-order chi connectivity index (χ1) is 15.3. The van der Waals surface area contributed by atoms with Crippen molar-refractivity contribution < 1.29 is 28.5 Å². The quantitative estimate of drug-likeness (QED) is 0.392. The summed E-state index contributed by atoms with van der Waals surface area (Å²) >= 11 is 24.4. The van der Waals surface area contributed by atoms with Crippen LogP contribution < -0.4 is 0 Å². The molecule has 1 aliphatic rings. The Bertz CT molecular complexity index is 941. The number of ether oxygens (including phenoxy) is 5. The van der Waals surface area contributed by atoms with Crippen molar-refractivity contribution in [2.24, 2.45) is 0 Å². The molecule has 0 bridgehead atoms. The molecule has 10 heteroatoms. The average Bonchev–Trinajstić information content (AvgIpc) is 3.05. The number of halogens is 4. The highest BCUT2D eigenvalue weighted by Gasteiger charge is 2.48. The van der Waals surface area contributed by atoms with Gasteiger partial charge in [0.1, 0.15) is 12.2 Å². The van der Waals surface area contributed by atoms with E-state index >= 15 is 0 Å². The summed E-state index contributed by atoms with van der Waals surface area (Å²) in [5.41, 5.74) is 1.51. The molecule has 0 aliphatic carbocycles. The summed E-state index contributed by atoms with van der Waals surface area (Å²) in [6, 6.07) is 10.3. The monoisotopic (exact) mass is 522 g/mol. The van der Waals surface area contributed by atoms with Crippen molar-refractivity contribution in [2.45, 2.75) is 44.7 Å². The maximum absolute atomic E-state index is 11.7. The van der Waals surface area contributed by atoms with Crippen molar-refractivity contribution >= 4 is 52.4 Å². The average molecular weight is 524 g/mol. The molecule has 0 saturated carbocycles. The predicted octanol–water partition coefficient (Wildman–Crippen LogP) is 5.71. The number of carbonyl (C=O) groups excluding carboxylic acids is 1. The van der Waals surface area contributed by atoms with Gasteiger partial charge >= 0.3 is 5.97 Å². The molecule has 0 spiro atoms. The van der Waals surface area contributed by atoms with E-state index in [1.807, 2.05) is 0 Å². The highest BCUT2D eigenvalue weighted by atomic mass is 35.5. The molecule has 2 aromatic rings. The van der Waals surface area contributed by atoms with Gasteiger partial charge < -0.3 is 23.7 Å². The normalized spacial score (nSPS) is 22.8. The minimum absolute atomic E-state index is 0.148. The molecule has 0 aromatic heterocycles. The lowest BCUT2D eigenvalue weighted by molar-refractivity contribution is -0.180. The van der Waals surface area contributed by atoms with Crippen LogP contribution in [0.1, 0.15) is 18.1 Å². The number of carbonyl (C=O) groups is 1. The second-order valence-corrected chi connectivity index (χ2v) is 8.80. The molecule has 1 saturated heterocycles. The molecule has 0 amide bonds. The van der Waals surface area contributed by atoms with Crippen molar-refractivity contribution in [3.8, 4) is 0 Å². The first kappa shape index (κ1) is 25.5. The number of rotatable bonds is 9. The van der Waals surface area contributed by atoms with E-state index in [1.165, 1.54) is 14.0 Å². The molecule has 4 atom stereocenters. The topological polar surface area (TPSA) is 63.2 Å². The summed E-state index contributed by atoms with van der Waals surface area (Å²) < 4.78 is 28.6. The Morgan fingerprint density at radius 1 is 0.938 bits per heavy atom. The zero-order chi connectivity index (χ0) is 23.3. The Morgan fingerprint density at radius 3 is 2.06 bits per heavy atom. The van der Waals surface area contributed by atoms with Gasteiger partial charge in [0.15, 0.2) is 12.4 Å². The Balaban J connectivity index is 1.70. The summed E-state index contributed by atoms with van der Waals surface area (Å²) in [6.07, 6.45) is -2.81. The second kappa shape index (κ2) is 11.9. The molecule has 2 aromatic carbocycles. The van der Waals surface area contributed by atoms with E-state index in [-0.39, 0.29) is 19.8 Å². The number of hydrogen-bond donors (Lipinski definition) is 0. The van der Waals surface area contributed by atoms with Gasteiger partial charge in [0, 0.05) is 34.1 Å². The SMILES string of the molecule is CO[C@H]1O[C@H](COCc2ccc(Cl)cc2Cl)[C@@H](OCc2ccc(Cl)cc2Cl)[C@H]1OC(C)=O. The Labute approximate surface area is 206 Å². The van der Waals surface area contributed by atoms with E-state index < -0.39 is 30.6 Å². The van der Waals surface area contributed by atoms with Crippen LogP contribution in [0, 0.1) is 0 Å². The predicted molar refractivity (Wildman–Crippen MR) is 122 cm³/mol. The van der Waals surface area contributed by atoms with Gasteiger partial charge in [0.2, 0.25) is 0 Å². The van der Waals surface area contributed by atoms with Crippen LogP contribution in [0.3, 0.4) is 0 Å². The Hall–Kier alpha value is -1.09. The number of esters is 1. The number of methoxy groups -OCH3 is 1. The van der Waals surface area contributed by atoms with Gasteiger partial charge in [-0.2, -0.15) is 0 Å². The minimum atomic E-state index is -0.808. The highest BCUT2D eigenvalue weighted by molar-refractivity contribution is 6.35. The van der Waals surface area contributed by atoms with Gasteiger partial charge in [0.25, 0.3) is 0 Å². The second-order valence-electron chi connectivity index (χ2n) is 7.11. The van der Waals surface area contributed by atoms with E-state index in [0.29, 0.717) is 20.1 Å². The van der Waals surface area contributed by atoms with Gasteiger partial charge in [0.05, 0.1) is 19.8 Å². The van der Waals surface area contributed by atoms with E-state index in [1.54, 1.807) is 36.4 Å². The molecule has 1 fully saturated rings. The lowest BCUT2D eigenvalue weighted by atomic mass is 10.1. The summed E-state index contributed by atoms with van der Waals surface area (Å²) in [7, 11) is 1.46. The zero-order valence-electron chi connectivity index (χ0n) is 17.4. The fourth-order valence-corrected chi connectivity index (χ4v) is 4.21. The Morgan fingerprint density at radius 2 is 1.53 bits per heavy atom. The molecule has 0 N–H and O–H groups in total. The van der Waals surface area contributed by atoms with Crippen molar-refractivity contribution in [1.29, 1.82) is 0 Å². The van der Waals surface area contributed by atoms with Crippen LogP contribution in [0.5, 0.6) is 0 Å². The molecular weight excluding hydrogens is 502 g/mol. The molecular formula is C22H22Cl4O6. The molecule has 6 nitrogen and oxygen atoms in total. The maximum Gasteiger partial charge on any atom is 0.303 e. The minimum Gasteiger partial charge on any atom is -0.454 e. The van der Waals surface area contributed by atoms with Crippen LogP contribution in [0.15, 0.2) is 36.4 Å². The fourth-order valence-electron chi connectivity index (χ4n) is 3.28. The van der Waals surface area contributed by atoms with Crippen molar-refractivity contribution in [2.75, 3.05) is 13.7 Å². The largest absolute Gasteiger partial charge is 0.454 e. The molecule has 174 valence electrons. The van der Waals surface area contributed by atoms with Crippen molar-refractivity contribution in [1.82, 2.24) is 0 Å². The van der Waals surface area contributed by atoms with Gasteiger partial charge in [-0.1, -0.05) is 58.5 Å². The van der Waals surface area contributed by atoms with Crippen LogP contribution in [0.4, 0.5) is 0 Å². The third-order valence-electron chi connectivity index (χ3n) is 4.80. The number of benzene rings is 2. The van der Waals surface area contributed by atoms with Crippen LogP contribution >= 0.6 is 46.4 Å². The first-order valence-corrected chi connectivity index (χ1v) is 11.2. The van der Waals surface area contributed by atoms with Gasteiger partial charge in [-0.25, -0.2) is 0 Å². The summed E-state index contributed by atoms with van der Waals surface area (Å²) in [5.74, 6) is -0.478. The van der Waals surface area contributed by atoms with E-state index in [9.17, 15) is 4.79 Å². The fraction of sp³-hybridized carbons (Fsp3) is 0.409. The van der Waals surface area contributed by atoms with E-state index in [0.717, 1.165) is 11.1 Å². The van der Waals surface area contributed by atoms with Crippen LogP contribution in [-0.4, -0.2) is 44.3 Å². The summed E-state index contributed by atoms with van der Waals surface area (Å²) in [4.78, 5) is 11.7. The molecule has 1 heterocycles. The highest BCUT2D eigenvalue weighted by Crippen LogP contribution is 2.30. The third kappa shape index (κ3) is 6.72. The standard InChI is InChI=1S/C22H22Cl4O6/c1-12(27)31-21-20(30-10-14-4-6-16(24)8-18(14)26)19(32-22(21)28-2)11-29-9-13-3-5-15(23)7-17(13)25/h3-8,19-22H,9-11H2,1-2H3/t19-,20-,21-,22+/m1/s1. The van der Waals surface area contributed by atoms with Crippen molar-refractivity contribution in [3.05, 3.63) is 67.6 Å². The van der Waals surface area contributed by atoms with Gasteiger partial charge in [-0.05, 0) is 35.4 Å². The number of hydrogen-bond acceptors (Lipinski definition) is 6. The maximum atomic E-state index is 11.7. The Kier molecular flexibility index (Phi) is 9.46. The van der Waals surface area contributed by atoms with Crippen LogP contribution in [-0.2, 0) is 41.7 Å². The smallest absolute Gasteiger partial charge is 0.303 e. The molecule has 3 rings (SSSR count). The van der Waals surface area contributed by atoms with Gasteiger partial charge in [-0.15, -0.1) is 0 Å². The zero-order valence-corrected chi connectivity index (χ0v) is 20.4. The molecule has 32 heavy (non-hydrogen) atoms. The lowest BCUT2D eigenvalue weighted by Crippen LogP contribution is -2.40. The molecule has 1 aliphatic heterocycles. The van der Waals surface area contributed by atoms with Crippen LogP contribution in [0.25, 0.3) is 0 Å². The molecule has 0 radical (unpaired) electrons.